The quantitative estimate of drug-likeness (QED) is 0.729. The normalized spacial score (nSPS) is 10.6. The van der Waals surface area contributed by atoms with Crippen LogP contribution in [0.15, 0.2) is 48.5 Å². The van der Waals surface area contributed by atoms with Crippen molar-refractivity contribution in [2.24, 2.45) is 0 Å². The van der Waals surface area contributed by atoms with Crippen LogP contribution >= 0.6 is 0 Å². The van der Waals surface area contributed by atoms with E-state index in [0.717, 1.165) is 28.0 Å². The molecule has 0 amide bonds. The fourth-order valence-corrected chi connectivity index (χ4v) is 2.50. The van der Waals surface area contributed by atoms with Crippen LogP contribution in [-0.4, -0.2) is 18.1 Å². The summed E-state index contributed by atoms with van der Waals surface area (Å²) in [6, 6.07) is 15.5. The van der Waals surface area contributed by atoms with E-state index in [4.69, 9.17) is 4.74 Å². The molecule has 0 saturated heterocycles. The monoisotopic (exact) mass is 306 g/mol. The third-order valence-electron chi connectivity index (χ3n) is 3.69. The topological polar surface area (TPSA) is 51.2 Å². The highest BCUT2D eigenvalue weighted by Gasteiger charge is 2.10. The first-order chi connectivity index (χ1) is 11.1. The van der Waals surface area contributed by atoms with E-state index < -0.39 is 0 Å². The van der Waals surface area contributed by atoms with Crippen molar-refractivity contribution in [2.75, 3.05) is 12.4 Å². The molecule has 3 rings (SSSR count). The number of hydrogen-bond acceptors (Lipinski definition) is 4. The Kier molecular flexibility index (Phi) is 3.98. The molecule has 0 saturated carbocycles. The van der Waals surface area contributed by atoms with Crippen LogP contribution in [0.1, 0.15) is 21.6 Å². The van der Waals surface area contributed by atoms with Crippen LogP contribution in [0.4, 0.5) is 11.4 Å². The smallest absolute Gasteiger partial charge is 0.337 e. The average molecular weight is 306 g/mol. The maximum absolute atomic E-state index is 11.8. The number of hydrogen-bond donors (Lipinski definition) is 1. The molecule has 23 heavy (non-hydrogen) atoms. The lowest BCUT2D eigenvalue weighted by molar-refractivity contribution is 0.0601. The lowest BCUT2D eigenvalue weighted by Gasteiger charge is -2.12. The van der Waals surface area contributed by atoms with E-state index in [1.165, 1.54) is 12.7 Å². The first-order valence-corrected chi connectivity index (χ1v) is 7.40. The number of fused-ring (bicyclic) bond motifs is 1. The van der Waals surface area contributed by atoms with Crippen molar-refractivity contribution in [3.8, 4) is 0 Å². The van der Waals surface area contributed by atoms with Crippen LogP contribution in [0, 0.1) is 13.8 Å². The Bertz CT molecular complexity index is 870. The number of esters is 1. The van der Waals surface area contributed by atoms with Crippen LogP contribution in [0.25, 0.3) is 10.9 Å². The molecule has 0 atom stereocenters. The minimum atomic E-state index is -0.353. The third-order valence-corrected chi connectivity index (χ3v) is 3.69. The summed E-state index contributed by atoms with van der Waals surface area (Å²) in [5, 5.41) is 4.30. The van der Waals surface area contributed by atoms with Gasteiger partial charge in [0, 0.05) is 22.5 Å². The number of ether oxygens (including phenoxy) is 1. The van der Waals surface area contributed by atoms with Crippen molar-refractivity contribution in [3.63, 3.8) is 0 Å². The number of anilines is 2. The van der Waals surface area contributed by atoms with Gasteiger partial charge in [0.15, 0.2) is 0 Å². The predicted molar refractivity (Wildman–Crippen MR) is 92.3 cm³/mol. The van der Waals surface area contributed by atoms with Gasteiger partial charge in [-0.3, -0.25) is 4.98 Å². The zero-order valence-electron chi connectivity index (χ0n) is 13.4. The molecule has 2 aromatic carbocycles. The molecule has 1 heterocycles. The Balaban J connectivity index is 2.09. The van der Waals surface area contributed by atoms with Crippen molar-refractivity contribution in [1.29, 1.82) is 0 Å². The summed E-state index contributed by atoms with van der Waals surface area (Å²) in [4.78, 5) is 16.3. The SMILES string of the molecule is COC(=O)c1ccc2nc(C)cc(Nc3ccc(C)cc3)c2c1. The second-order valence-corrected chi connectivity index (χ2v) is 5.53. The van der Waals surface area contributed by atoms with Crippen LogP contribution in [0.5, 0.6) is 0 Å². The summed E-state index contributed by atoms with van der Waals surface area (Å²) in [6.07, 6.45) is 0. The highest BCUT2D eigenvalue weighted by molar-refractivity contribution is 5.99. The number of nitrogens with zero attached hydrogens (tertiary/aromatic N) is 1. The molecule has 0 bridgehead atoms. The van der Waals surface area contributed by atoms with Gasteiger partial charge in [0.25, 0.3) is 0 Å². The summed E-state index contributed by atoms with van der Waals surface area (Å²) < 4.78 is 4.80. The van der Waals surface area contributed by atoms with Crippen molar-refractivity contribution >= 4 is 28.2 Å². The number of pyridine rings is 1. The van der Waals surface area contributed by atoms with Gasteiger partial charge in [-0.2, -0.15) is 0 Å². The number of carbonyl (C=O) groups is 1. The van der Waals surface area contributed by atoms with E-state index >= 15 is 0 Å². The van der Waals surface area contributed by atoms with Crippen molar-refractivity contribution < 1.29 is 9.53 Å². The molecule has 0 aliphatic heterocycles. The van der Waals surface area contributed by atoms with E-state index in [2.05, 4.69) is 29.4 Å². The molecule has 1 N–H and O–H groups in total. The number of aryl methyl sites for hydroxylation is 2. The fraction of sp³-hybridized carbons (Fsp3) is 0.158. The van der Waals surface area contributed by atoms with Crippen molar-refractivity contribution in [1.82, 2.24) is 4.98 Å². The maximum Gasteiger partial charge on any atom is 0.337 e. The van der Waals surface area contributed by atoms with Gasteiger partial charge in [0.05, 0.1) is 18.2 Å². The van der Waals surface area contributed by atoms with Gasteiger partial charge in [0.1, 0.15) is 0 Å². The molecule has 4 heteroatoms. The molecule has 1 aromatic heterocycles. The largest absolute Gasteiger partial charge is 0.465 e. The summed E-state index contributed by atoms with van der Waals surface area (Å²) in [5.74, 6) is -0.353. The standard InChI is InChI=1S/C19H18N2O2/c1-12-4-7-15(8-5-12)21-18-10-13(2)20-17-9-6-14(11-16(17)18)19(22)23-3/h4-11H,1-3H3,(H,20,21). The fourth-order valence-electron chi connectivity index (χ4n) is 2.50. The maximum atomic E-state index is 11.8. The molecule has 0 spiro atoms. The highest BCUT2D eigenvalue weighted by Crippen LogP contribution is 2.27. The van der Waals surface area contributed by atoms with Gasteiger partial charge in [-0.05, 0) is 50.2 Å². The molecule has 0 fully saturated rings. The summed E-state index contributed by atoms with van der Waals surface area (Å²) in [5.41, 5.74) is 5.38. The molecule has 116 valence electrons. The van der Waals surface area contributed by atoms with Crippen molar-refractivity contribution in [2.45, 2.75) is 13.8 Å². The first-order valence-electron chi connectivity index (χ1n) is 7.40. The Labute approximate surface area is 135 Å². The Morgan fingerprint density at radius 2 is 1.78 bits per heavy atom. The number of nitrogens with one attached hydrogen (secondary N) is 1. The van der Waals surface area contributed by atoms with Crippen LogP contribution < -0.4 is 5.32 Å². The van der Waals surface area contributed by atoms with E-state index in [1.807, 2.05) is 37.3 Å². The minimum Gasteiger partial charge on any atom is -0.465 e. The third kappa shape index (κ3) is 3.16. The van der Waals surface area contributed by atoms with E-state index in [1.54, 1.807) is 6.07 Å². The zero-order valence-corrected chi connectivity index (χ0v) is 13.4. The van der Waals surface area contributed by atoms with Gasteiger partial charge in [-0.1, -0.05) is 17.7 Å². The highest BCUT2D eigenvalue weighted by atomic mass is 16.5. The van der Waals surface area contributed by atoms with Crippen LogP contribution in [0.3, 0.4) is 0 Å². The average Bonchev–Trinajstić information content (AvgIpc) is 2.55. The van der Waals surface area contributed by atoms with Crippen LogP contribution in [-0.2, 0) is 4.74 Å². The summed E-state index contributed by atoms with van der Waals surface area (Å²) in [6.45, 7) is 4.01. The number of carbonyl (C=O) groups excluding carboxylic acids is 1. The second kappa shape index (κ2) is 6.08. The molecular formula is C19H18N2O2. The molecule has 0 unspecified atom stereocenters. The Morgan fingerprint density at radius 1 is 1.04 bits per heavy atom. The zero-order chi connectivity index (χ0) is 16.4. The molecular weight excluding hydrogens is 288 g/mol. The van der Waals surface area contributed by atoms with E-state index in [0.29, 0.717) is 5.56 Å². The molecule has 0 aliphatic carbocycles. The van der Waals surface area contributed by atoms with Gasteiger partial charge >= 0.3 is 5.97 Å². The number of methoxy groups -OCH3 is 1. The number of benzene rings is 2. The van der Waals surface area contributed by atoms with Gasteiger partial charge < -0.3 is 10.1 Å². The number of aromatic nitrogens is 1. The summed E-state index contributed by atoms with van der Waals surface area (Å²) >= 11 is 0. The number of rotatable bonds is 3. The molecule has 0 radical (unpaired) electrons. The Hall–Kier alpha value is -2.88. The van der Waals surface area contributed by atoms with Crippen LogP contribution in [0.2, 0.25) is 0 Å². The van der Waals surface area contributed by atoms with E-state index in [9.17, 15) is 4.79 Å². The molecule has 0 aliphatic rings. The second-order valence-electron chi connectivity index (χ2n) is 5.53. The van der Waals surface area contributed by atoms with E-state index in [-0.39, 0.29) is 5.97 Å². The Morgan fingerprint density at radius 3 is 2.48 bits per heavy atom. The lowest BCUT2D eigenvalue weighted by atomic mass is 10.1. The van der Waals surface area contributed by atoms with Crippen molar-refractivity contribution in [3.05, 3.63) is 65.4 Å². The van der Waals surface area contributed by atoms with Gasteiger partial charge in [0.2, 0.25) is 0 Å². The first kappa shape index (κ1) is 15.0. The lowest BCUT2D eigenvalue weighted by Crippen LogP contribution is -2.02. The molecule has 3 aromatic rings. The minimum absolute atomic E-state index is 0.353. The predicted octanol–water partition coefficient (Wildman–Crippen LogP) is 4.38. The van der Waals surface area contributed by atoms with Gasteiger partial charge in [-0.15, -0.1) is 0 Å². The van der Waals surface area contributed by atoms with Gasteiger partial charge in [-0.25, -0.2) is 4.79 Å². The summed E-state index contributed by atoms with van der Waals surface area (Å²) in [7, 11) is 1.38. The molecule has 4 nitrogen and oxygen atoms in total.